The van der Waals surface area contributed by atoms with E-state index >= 15 is 0 Å². The van der Waals surface area contributed by atoms with E-state index in [1.54, 1.807) is 13.8 Å². The van der Waals surface area contributed by atoms with Crippen LogP contribution in [-0.2, 0) is 0 Å². The lowest BCUT2D eigenvalue weighted by molar-refractivity contribution is -0.0885. The third-order valence-corrected chi connectivity index (χ3v) is 2.45. The predicted octanol–water partition coefficient (Wildman–Crippen LogP) is 3.36. The van der Waals surface area contributed by atoms with Gasteiger partial charge in [-0.15, -0.1) is 0 Å². The van der Waals surface area contributed by atoms with Gasteiger partial charge in [-0.3, -0.25) is 4.79 Å². The highest BCUT2D eigenvalue weighted by Crippen LogP contribution is 2.24. The molecular weight excluding hydrogens is 205 g/mol. The largest absolute Gasteiger partial charge is 0.454 e. The van der Waals surface area contributed by atoms with E-state index in [4.69, 9.17) is 0 Å². The molecule has 1 nitrogen and oxygen atoms in total. The van der Waals surface area contributed by atoms with Gasteiger partial charge in [0.15, 0.2) is 0 Å². The van der Waals surface area contributed by atoms with Crippen molar-refractivity contribution < 1.29 is 18.0 Å². The molecule has 1 aromatic carbocycles. The maximum absolute atomic E-state index is 12.1. The summed E-state index contributed by atoms with van der Waals surface area (Å²) in [6.45, 7) is 5.19. The van der Waals surface area contributed by atoms with E-state index in [0.717, 1.165) is 5.56 Å². The van der Waals surface area contributed by atoms with Gasteiger partial charge in [0, 0.05) is 5.56 Å². The minimum absolute atomic E-state index is 0.289. The number of hydrogen-bond acceptors (Lipinski definition) is 1. The van der Waals surface area contributed by atoms with Crippen molar-refractivity contribution in [3.8, 4) is 0 Å². The van der Waals surface area contributed by atoms with Gasteiger partial charge in [-0.1, -0.05) is 0 Å². The number of Topliss-reactive ketones (excluding diaryl/α,β-unsaturated/α-hetero) is 1. The maximum Gasteiger partial charge on any atom is 0.454 e. The molecule has 82 valence electrons. The number of rotatable bonds is 1. The second kappa shape index (κ2) is 3.68. The molecule has 0 fully saturated rings. The zero-order valence-electron chi connectivity index (χ0n) is 8.70. The van der Waals surface area contributed by atoms with Crippen molar-refractivity contribution in [2.24, 2.45) is 0 Å². The number of alkyl halides is 3. The molecule has 0 radical (unpaired) electrons. The molecule has 1 rings (SSSR count). The zero-order chi connectivity index (χ0) is 11.8. The zero-order valence-corrected chi connectivity index (χ0v) is 8.70. The molecule has 0 heterocycles. The van der Waals surface area contributed by atoms with E-state index in [0.29, 0.717) is 11.1 Å². The van der Waals surface area contributed by atoms with Crippen molar-refractivity contribution >= 4 is 5.78 Å². The number of halogens is 3. The Morgan fingerprint density at radius 1 is 1.07 bits per heavy atom. The summed E-state index contributed by atoms with van der Waals surface area (Å²) in [6.07, 6.45) is -4.80. The third kappa shape index (κ3) is 2.37. The van der Waals surface area contributed by atoms with Crippen LogP contribution in [0.5, 0.6) is 0 Å². The Labute approximate surface area is 85.9 Å². The lowest BCUT2D eigenvalue weighted by Crippen LogP contribution is -2.23. The molecule has 0 saturated heterocycles. The van der Waals surface area contributed by atoms with Gasteiger partial charge in [-0.05, 0) is 49.6 Å². The lowest BCUT2D eigenvalue weighted by atomic mass is 9.98. The first-order valence-corrected chi connectivity index (χ1v) is 4.43. The van der Waals surface area contributed by atoms with Gasteiger partial charge in [0.25, 0.3) is 5.78 Å². The Hall–Kier alpha value is -1.32. The third-order valence-electron chi connectivity index (χ3n) is 2.45. The van der Waals surface area contributed by atoms with Crippen LogP contribution in [0.2, 0.25) is 0 Å². The summed E-state index contributed by atoms with van der Waals surface area (Å²) in [5, 5.41) is 0. The Morgan fingerprint density at radius 2 is 1.47 bits per heavy atom. The second-order valence-corrected chi connectivity index (χ2v) is 3.56. The molecular formula is C11H11F3O. The summed E-state index contributed by atoms with van der Waals surface area (Å²) in [4.78, 5) is 11.0. The van der Waals surface area contributed by atoms with Crippen LogP contribution in [0.4, 0.5) is 13.2 Å². The van der Waals surface area contributed by atoms with Crippen LogP contribution < -0.4 is 0 Å². The maximum atomic E-state index is 12.1. The van der Waals surface area contributed by atoms with Crippen LogP contribution in [-0.4, -0.2) is 12.0 Å². The molecule has 0 aliphatic rings. The van der Waals surface area contributed by atoms with E-state index in [-0.39, 0.29) is 5.56 Å². The van der Waals surface area contributed by atoms with Crippen molar-refractivity contribution in [1.29, 1.82) is 0 Å². The molecule has 0 atom stereocenters. The number of ketones is 1. The molecule has 0 unspecified atom stereocenters. The highest BCUT2D eigenvalue weighted by Gasteiger charge is 2.39. The van der Waals surface area contributed by atoms with E-state index in [2.05, 4.69) is 0 Å². The van der Waals surface area contributed by atoms with Gasteiger partial charge in [0.1, 0.15) is 0 Å². The Morgan fingerprint density at radius 3 is 1.80 bits per heavy atom. The molecule has 0 spiro atoms. The Kier molecular flexibility index (Phi) is 2.88. The van der Waals surface area contributed by atoms with Gasteiger partial charge < -0.3 is 0 Å². The first kappa shape index (κ1) is 11.8. The lowest BCUT2D eigenvalue weighted by Gasteiger charge is -2.09. The fourth-order valence-corrected chi connectivity index (χ4v) is 1.33. The molecule has 15 heavy (non-hydrogen) atoms. The standard InChI is InChI=1S/C11H11F3O/c1-6-4-9(5-7(2)8(6)3)10(15)11(12,13)14/h4-5H,1-3H3. The minimum atomic E-state index is -4.80. The van der Waals surface area contributed by atoms with E-state index in [9.17, 15) is 18.0 Å². The fraction of sp³-hybridized carbons (Fsp3) is 0.364. The van der Waals surface area contributed by atoms with Crippen LogP contribution in [0.25, 0.3) is 0 Å². The normalized spacial score (nSPS) is 11.6. The van der Waals surface area contributed by atoms with Gasteiger partial charge in [0.05, 0.1) is 0 Å². The number of benzene rings is 1. The summed E-state index contributed by atoms with van der Waals surface area (Å²) >= 11 is 0. The molecule has 0 aliphatic heterocycles. The molecule has 0 bridgehead atoms. The summed E-state index contributed by atoms with van der Waals surface area (Å²) in [5.41, 5.74) is 2.02. The van der Waals surface area contributed by atoms with Crippen LogP contribution in [0.15, 0.2) is 12.1 Å². The first-order chi connectivity index (χ1) is 6.73. The summed E-state index contributed by atoms with van der Waals surface area (Å²) in [6, 6.07) is 2.55. The smallest absolute Gasteiger partial charge is 0.284 e. The van der Waals surface area contributed by atoms with Gasteiger partial charge >= 0.3 is 6.18 Å². The molecule has 0 N–H and O–H groups in total. The average Bonchev–Trinajstić information content (AvgIpc) is 2.10. The van der Waals surface area contributed by atoms with E-state index < -0.39 is 12.0 Å². The molecule has 0 aromatic heterocycles. The topological polar surface area (TPSA) is 17.1 Å². The van der Waals surface area contributed by atoms with E-state index in [1.165, 1.54) is 12.1 Å². The number of carbonyl (C=O) groups excluding carboxylic acids is 1. The summed E-state index contributed by atoms with van der Waals surface area (Å²) < 4.78 is 36.4. The van der Waals surface area contributed by atoms with Crippen molar-refractivity contribution in [3.05, 3.63) is 34.4 Å². The fourth-order valence-electron chi connectivity index (χ4n) is 1.33. The highest BCUT2D eigenvalue weighted by molar-refractivity contribution is 6.00. The number of aryl methyl sites for hydroxylation is 2. The Balaban J connectivity index is 3.24. The van der Waals surface area contributed by atoms with Gasteiger partial charge in [-0.25, -0.2) is 0 Å². The number of carbonyl (C=O) groups is 1. The average molecular weight is 216 g/mol. The monoisotopic (exact) mass is 216 g/mol. The molecule has 0 saturated carbocycles. The summed E-state index contributed by atoms with van der Waals surface area (Å²) in [7, 11) is 0. The van der Waals surface area contributed by atoms with Crippen LogP contribution in [0.3, 0.4) is 0 Å². The summed E-state index contributed by atoms with van der Waals surface area (Å²) in [5.74, 6) is -1.78. The van der Waals surface area contributed by atoms with Crippen molar-refractivity contribution in [1.82, 2.24) is 0 Å². The quantitative estimate of drug-likeness (QED) is 0.658. The number of hydrogen-bond donors (Lipinski definition) is 0. The second-order valence-electron chi connectivity index (χ2n) is 3.56. The van der Waals surface area contributed by atoms with Crippen molar-refractivity contribution in [2.45, 2.75) is 26.9 Å². The van der Waals surface area contributed by atoms with Crippen LogP contribution in [0.1, 0.15) is 27.0 Å². The molecule has 0 amide bonds. The Bertz CT molecular complexity index is 382. The first-order valence-electron chi connectivity index (χ1n) is 4.43. The molecule has 1 aromatic rings. The van der Waals surface area contributed by atoms with E-state index in [1.807, 2.05) is 6.92 Å². The highest BCUT2D eigenvalue weighted by atomic mass is 19.4. The van der Waals surface area contributed by atoms with Crippen molar-refractivity contribution in [3.63, 3.8) is 0 Å². The van der Waals surface area contributed by atoms with Crippen LogP contribution in [0, 0.1) is 20.8 Å². The SMILES string of the molecule is Cc1cc(C(=O)C(F)(F)F)cc(C)c1C. The van der Waals surface area contributed by atoms with Crippen LogP contribution >= 0.6 is 0 Å². The predicted molar refractivity (Wildman–Crippen MR) is 51.0 cm³/mol. The molecule has 0 aliphatic carbocycles. The van der Waals surface area contributed by atoms with Gasteiger partial charge in [-0.2, -0.15) is 13.2 Å². The minimum Gasteiger partial charge on any atom is -0.284 e. The molecule has 4 heteroatoms. The van der Waals surface area contributed by atoms with Gasteiger partial charge in [0.2, 0.25) is 0 Å². The van der Waals surface area contributed by atoms with Crippen molar-refractivity contribution in [2.75, 3.05) is 0 Å².